The van der Waals surface area contributed by atoms with Crippen LogP contribution >= 0.6 is 0 Å². The van der Waals surface area contributed by atoms with Gasteiger partial charge in [-0.3, -0.25) is 4.79 Å². The van der Waals surface area contributed by atoms with Gasteiger partial charge in [0.05, 0.1) is 6.33 Å². The normalized spacial score (nSPS) is 10.2. The number of carbonyl (C=O) groups excluding carboxylic acids is 1. The lowest BCUT2D eigenvalue weighted by molar-refractivity contribution is 0.0952. The quantitative estimate of drug-likeness (QED) is 0.530. The van der Waals surface area contributed by atoms with Crippen molar-refractivity contribution >= 4 is 11.7 Å². The molecule has 19 heavy (non-hydrogen) atoms. The van der Waals surface area contributed by atoms with E-state index < -0.39 is 0 Å². The smallest absolute Gasteiger partial charge is 0.251 e. The number of hydrazine groups is 1. The Morgan fingerprint density at radius 2 is 2.32 bits per heavy atom. The summed E-state index contributed by atoms with van der Waals surface area (Å²) in [7, 11) is 0. The minimum absolute atomic E-state index is 0.151. The van der Waals surface area contributed by atoms with Gasteiger partial charge in [-0.2, -0.15) is 0 Å². The molecule has 2 heterocycles. The van der Waals surface area contributed by atoms with Gasteiger partial charge in [0.1, 0.15) is 5.82 Å². The van der Waals surface area contributed by atoms with Gasteiger partial charge in [-0.1, -0.05) is 0 Å². The highest BCUT2D eigenvalue weighted by Crippen LogP contribution is 2.08. The number of hydrogen-bond acceptors (Lipinski definition) is 5. The lowest BCUT2D eigenvalue weighted by Crippen LogP contribution is -2.27. The van der Waals surface area contributed by atoms with Crippen molar-refractivity contribution in [3.63, 3.8) is 0 Å². The summed E-state index contributed by atoms with van der Waals surface area (Å²) in [6, 6.07) is 3.33. The summed E-state index contributed by atoms with van der Waals surface area (Å²) in [4.78, 5) is 20.0. The third kappa shape index (κ3) is 3.52. The van der Waals surface area contributed by atoms with Crippen molar-refractivity contribution in [2.24, 2.45) is 5.84 Å². The third-order valence-electron chi connectivity index (χ3n) is 2.58. The monoisotopic (exact) mass is 260 g/mol. The van der Waals surface area contributed by atoms with Crippen LogP contribution in [0.2, 0.25) is 0 Å². The fourth-order valence-corrected chi connectivity index (χ4v) is 1.69. The van der Waals surface area contributed by atoms with Crippen LogP contribution in [0.25, 0.3) is 0 Å². The number of amides is 1. The Hall–Kier alpha value is -2.41. The molecule has 100 valence electrons. The molecule has 0 aliphatic heterocycles. The van der Waals surface area contributed by atoms with Crippen molar-refractivity contribution in [1.82, 2.24) is 19.9 Å². The zero-order chi connectivity index (χ0) is 13.7. The molecule has 0 radical (unpaired) electrons. The first-order valence-electron chi connectivity index (χ1n) is 5.88. The van der Waals surface area contributed by atoms with Crippen LogP contribution in [0.5, 0.6) is 0 Å². The first-order valence-corrected chi connectivity index (χ1v) is 5.88. The van der Waals surface area contributed by atoms with Crippen molar-refractivity contribution in [3.8, 4) is 0 Å². The molecule has 0 fully saturated rings. The van der Waals surface area contributed by atoms with Crippen LogP contribution in [0, 0.1) is 6.92 Å². The topological polar surface area (TPSA) is 97.9 Å². The average Bonchev–Trinajstić information content (AvgIpc) is 2.91. The van der Waals surface area contributed by atoms with Gasteiger partial charge in [0.15, 0.2) is 0 Å². The number of aryl methyl sites for hydroxylation is 1. The first-order chi connectivity index (χ1) is 9.19. The second kappa shape index (κ2) is 5.96. The maximum absolute atomic E-state index is 12.0. The molecule has 0 unspecified atom stereocenters. The van der Waals surface area contributed by atoms with Crippen LogP contribution in [0.1, 0.15) is 16.1 Å². The van der Waals surface area contributed by atoms with E-state index in [1.807, 2.05) is 17.7 Å². The number of nitrogens with two attached hydrogens (primary N) is 1. The van der Waals surface area contributed by atoms with Gasteiger partial charge in [-0.25, -0.2) is 15.8 Å². The molecule has 0 saturated carbocycles. The average molecular weight is 260 g/mol. The first kappa shape index (κ1) is 13.0. The second-order valence-corrected chi connectivity index (χ2v) is 4.08. The number of hydrogen-bond donors (Lipinski definition) is 3. The van der Waals surface area contributed by atoms with Crippen molar-refractivity contribution in [3.05, 3.63) is 42.1 Å². The Balaban J connectivity index is 1.94. The maximum atomic E-state index is 12.0. The Morgan fingerprint density at radius 1 is 1.47 bits per heavy atom. The van der Waals surface area contributed by atoms with E-state index in [0.29, 0.717) is 24.5 Å². The van der Waals surface area contributed by atoms with E-state index in [-0.39, 0.29) is 5.91 Å². The lowest BCUT2D eigenvalue weighted by atomic mass is 10.2. The highest BCUT2D eigenvalue weighted by atomic mass is 16.1. The number of nitrogens with one attached hydrogen (secondary N) is 2. The van der Waals surface area contributed by atoms with E-state index in [1.54, 1.807) is 24.7 Å². The van der Waals surface area contributed by atoms with Crippen LogP contribution in [-0.2, 0) is 6.54 Å². The van der Waals surface area contributed by atoms with Gasteiger partial charge in [-0.05, 0) is 19.1 Å². The molecular formula is C12H16N6O. The van der Waals surface area contributed by atoms with Gasteiger partial charge < -0.3 is 15.3 Å². The number of nitrogens with zero attached hydrogens (tertiary/aromatic N) is 3. The molecule has 0 bridgehead atoms. The molecule has 0 aliphatic rings. The molecule has 4 N–H and O–H groups in total. The number of aromatic nitrogens is 3. The van der Waals surface area contributed by atoms with Crippen LogP contribution < -0.4 is 16.6 Å². The van der Waals surface area contributed by atoms with E-state index in [1.165, 1.54) is 0 Å². The fraction of sp³-hybridized carbons (Fsp3) is 0.250. The number of rotatable bonds is 5. The number of nitrogen functional groups attached to an aromatic ring is 1. The molecule has 2 rings (SSSR count). The van der Waals surface area contributed by atoms with Crippen molar-refractivity contribution in [2.45, 2.75) is 13.5 Å². The third-order valence-corrected chi connectivity index (χ3v) is 2.58. The summed E-state index contributed by atoms with van der Waals surface area (Å²) in [6.07, 6.45) is 5.26. The molecule has 2 aromatic rings. The Labute approximate surface area is 110 Å². The number of pyridine rings is 1. The standard InChI is InChI=1S/C12H16N6O/c1-9-6-10(7-11(16-9)17-13)12(19)15-3-5-18-4-2-14-8-18/h2,4,6-8H,3,5,13H2,1H3,(H,15,19)(H,16,17). The predicted octanol–water partition coefficient (Wildman–Crippen LogP) is 0.302. The van der Waals surface area contributed by atoms with Gasteiger partial charge in [0, 0.05) is 36.7 Å². The summed E-state index contributed by atoms with van der Waals surface area (Å²) in [5, 5.41) is 2.83. The van der Waals surface area contributed by atoms with Crippen molar-refractivity contribution in [2.75, 3.05) is 12.0 Å². The highest BCUT2D eigenvalue weighted by molar-refractivity contribution is 5.94. The van der Waals surface area contributed by atoms with E-state index in [9.17, 15) is 4.79 Å². The van der Waals surface area contributed by atoms with Gasteiger partial charge in [0.25, 0.3) is 5.91 Å². The minimum atomic E-state index is -0.151. The summed E-state index contributed by atoms with van der Waals surface area (Å²) < 4.78 is 1.89. The summed E-state index contributed by atoms with van der Waals surface area (Å²) in [6.45, 7) is 3.02. The number of anilines is 1. The molecule has 0 aromatic carbocycles. The summed E-state index contributed by atoms with van der Waals surface area (Å²) >= 11 is 0. The largest absolute Gasteiger partial charge is 0.350 e. The molecule has 0 saturated heterocycles. The molecule has 1 amide bonds. The molecule has 7 nitrogen and oxygen atoms in total. The fourth-order valence-electron chi connectivity index (χ4n) is 1.69. The molecule has 0 atom stereocenters. The Bertz CT molecular complexity index is 551. The molecule has 0 spiro atoms. The van der Waals surface area contributed by atoms with Crippen LogP contribution in [0.4, 0.5) is 5.82 Å². The van der Waals surface area contributed by atoms with Crippen LogP contribution in [-0.4, -0.2) is 27.0 Å². The number of carbonyl (C=O) groups is 1. The Kier molecular flexibility index (Phi) is 4.09. The lowest BCUT2D eigenvalue weighted by Gasteiger charge is -2.08. The van der Waals surface area contributed by atoms with Crippen LogP contribution in [0.15, 0.2) is 30.9 Å². The van der Waals surface area contributed by atoms with E-state index in [4.69, 9.17) is 5.84 Å². The summed E-state index contributed by atoms with van der Waals surface area (Å²) in [5.74, 6) is 5.62. The van der Waals surface area contributed by atoms with E-state index in [0.717, 1.165) is 5.69 Å². The zero-order valence-corrected chi connectivity index (χ0v) is 10.6. The van der Waals surface area contributed by atoms with Crippen molar-refractivity contribution < 1.29 is 4.79 Å². The highest BCUT2D eigenvalue weighted by Gasteiger charge is 2.07. The van der Waals surface area contributed by atoms with Gasteiger partial charge >= 0.3 is 0 Å². The Morgan fingerprint density at radius 3 is 3.00 bits per heavy atom. The second-order valence-electron chi connectivity index (χ2n) is 4.08. The maximum Gasteiger partial charge on any atom is 0.251 e. The molecular weight excluding hydrogens is 244 g/mol. The van der Waals surface area contributed by atoms with Gasteiger partial charge in [-0.15, -0.1) is 0 Å². The zero-order valence-electron chi connectivity index (χ0n) is 10.6. The summed E-state index contributed by atoms with van der Waals surface area (Å²) in [5.41, 5.74) is 3.70. The van der Waals surface area contributed by atoms with E-state index >= 15 is 0 Å². The predicted molar refractivity (Wildman–Crippen MR) is 71.3 cm³/mol. The van der Waals surface area contributed by atoms with Crippen LogP contribution in [0.3, 0.4) is 0 Å². The van der Waals surface area contributed by atoms with Gasteiger partial charge in [0.2, 0.25) is 0 Å². The minimum Gasteiger partial charge on any atom is -0.350 e. The van der Waals surface area contributed by atoms with E-state index in [2.05, 4.69) is 20.7 Å². The SMILES string of the molecule is Cc1cc(C(=O)NCCn2ccnc2)cc(NN)n1. The molecule has 7 heteroatoms. The molecule has 2 aromatic heterocycles. The number of imidazole rings is 1. The van der Waals surface area contributed by atoms with Crippen molar-refractivity contribution in [1.29, 1.82) is 0 Å². The molecule has 0 aliphatic carbocycles.